The Kier molecular flexibility index (Phi) is 6.15. The third-order valence-electron chi connectivity index (χ3n) is 7.37. The first-order valence-corrected chi connectivity index (χ1v) is 12.3. The number of hydrogen-bond acceptors (Lipinski definition) is 5. The number of carbonyl (C=O) groups excluding carboxylic acids is 4. The van der Waals surface area contributed by atoms with Crippen molar-refractivity contribution in [2.45, 2.75) is 45.3 Å². The van der Waals surface area contributed by atoms with Gasteiger partial charge in [0.15, 0.2) is 11.9 Å². The van der Waals surface area contributed by atoms with Gasteiger partial charge < -0.3 is 25.2 Å². The maximum absolute atomic E-state index is 13.1. The molecular weight excluding hydrogens is 460 g/mol. The van der Waals surface area contributed by atoms with E-state index < -0.39 is 6.10 Å². The van der Waals surface area contributed by atoms with Crippen LogP contribution >= 0.6 is 0 Å². The third-order valence-corrected chi connectivity index (χ3v) is 7.37. The van der Waals surface area contributed by atoms with E-state index in [4.69, 9.17) is 4.74 Å². The van der Waals surface area contributed by atoms with Crippen molar-refractivity contribution in [2.24, 2.45) is 5.92 Å². The lowest BCUT2D eigenvalue weighted by Gasteiger charge is -2.32. The van der Waals surface area contributed by atoms with Gasteiger partial charge in [-0.05, 0) is 62.1 Å². The van der Waals surface area contributed by atoms with Crippen LogP contribution in [0.25, 0.3) is 0 Å². The summed E-state index contributed by atoms with van der Waals surface area (Å²) >= 11 is 0. The number of ether oxygens (including phenoxy) is 1. The molecule has 0 radical (unpaired) electrons. The number of amides is 4. The van der Waals surface area contributed by atoms with Crippen LogP contribution in [0.15, 0.2) is 36.4 Å². The lowest BCUT2D eigenvalue weighted by Crippen LogP contribution is -2.46. The molecule has 1 fully saturated rings. The van der Waals surface area contributed by atoms with Gasteiger partial charge >= 0.3 is 6.03 Å². The highest BCUT2D eigenvalue weighted by Gasteiger charge is 2.31. The number of urea groups is 1. The lowest BCUT2D eigenvalue weighted by atomic mass is 9.88. The van der Waals surface area contributed by atoms with Crippen molar-refractivity contribution >= 4 is 35.0 Å². The van der Waals surface area contributed by atoms with E-state index in [1.54, 1.807) is 42.0 Å². The summed E-state index contributed by atoms with van der Waals surface area (Å²) in [4.78, 5) is 53.3. The van der Waals surface area contributed by atoms with Crippen LogP contribution in [0.3, 0.4) is 0 Å². The van der Waals surface area contributed by atoms with Crippen LogP contribution in [0.4, 0.5) is 16.2 Å². The Hall–Kier alpha value is -3.88. The van der Waals surface area contributed by atoms with E-state index in [9.17, 15) is 19.2 Å². The number of ketones is 1. The Bertz CT molecular complexity index is 1250. The van der Waals surface area contributed by atoms with Crippen molar-refractivity contribution in [3.63, 3.8) is 0 Å². The zero-order chi connectivity index (χ0) is 25.6. The predicted octanol–water partition coefficient (Wildman–Crippen LogP) is 3.29. The summed E-state index contributed by atoms with van der Waals surface area (Å²) in [6.45, 7) is 4.58. The lowest BCUT2D eigenvalue weighted by molar-refractivity contribution is -0.122. The molecule has 0 aromatic heterocycles. The maximum atomic E-state index is 13.1. The van der Waals surface area contributed by atoms with Crippen molar-refractivity contribution in [1.82, 2.24) is 10.2 Å². The number of benzene rings is 2. The van der Waals surface area contributed by atoms with Gasteiger partial charge in [0.1, 0.15) is 5.75 Å². The number of hydrogen-bond donors (Lipinski definition) is 2. The molecule has 5 rings (SSSR count). The minimum Gasteiger partial charge on any atom is -0.479 e. The number of Topliss-reactive ketones (excluding diaryl/α,β-unsaturated/α-hetero) is 1. The van der Waals surface area contributed by atoms with Gasteiger partial charge in [0.05, 0.1) is 18.2 Å². The normalized spacial score (nSPS) is 20.2. The van der Waals surface area contributed by atoms with Crippen LogP contribution in [0.2, 0.25) is 0 Å². The number of piperidine rings is 1. The summed E-state index contributed by atoms with van der Waals surface area (Å²) in [6.07, 6.45) is 0.964. The fourth-order valence-corrected chi connectivity index (χ4v) is 5.06. The van der Waals surface area contributed by atoms with Gasteiger partial charge in [0, 0.05) is 37.3 Å². The average molecular weight is 491 g/mol. The highest BCUT2D eigenvalue weighted by atomic mass is 16.5. The highest BCUT2D eigenvalue weighted by molar-refractivity contribution is 6.03. The Balaban J connectivity index is 1.16. The summed E-state index contributed by atoms with van der Waals surface area (Å²) in [5.74, 6) is 0.216. The van der Waals surface area contributed by atoms with Crippen molar-refractivity contribution in [2.75, 3.05) is 30.4 Å². The second-order valence-corrected chi connectivity index (χ2v) is 9.77. The second kappa shape index (κ2) is 9.29. The first-order chi connectivity index (χ1) is 17.2. The molecule has 36 heavy (non-hydrogen) atoms. The van der Waals surface area contributed by atoms with Gasteiger partial charge in [-0.25, -0.2) is 4.79 Å². The third kappa shape index (κ3) is 4.41. The Morgan fingerprint density at radius 2 is 1.86 bits per heavy atom. The molecule has 9 nitrogen and oxygen atoms in total. The Morgan fingerprint density at radius 3 is 2.61 bits per heavy atom. The van der Waals surface area contributed by atoms with E-state index >= 15 is 0 Å². The molecular formula is C27H30N4O5. The molecule has 188 valence electrons. The molecule has 0 bridgehead atoms. The number of rotatable bonds is 4. The molecule has 0 aliphatic carbocycles. The standard InChI is InChI=1S/C27H30N4O5/c1-15(18-4-6-22-20(12-18)14-24(32)30(22)3)28-27(35)31-10-8-17(9-11-31)25(33)19-5-7-23-21(13-19)29-26(34)16(2)36-23/h4-7,12-13,15-17H,8-11,14H2,1-3H3,(H,28,35)(H,29,34). The van der Waals surface area contributed by atoms with Gasteiger partial charge in [-0.3, -0.25) is 14.4 Å². The van der Waals surface area contributed by atoms with Crippen molar-refractivity contribution < 1.29 is 23.9 Å². The van der Waals surface area contributed by atoms with E-state index in [1.807, 2.05) is 25.1 Å². The van der Waals surface area contributed by atoms with E-state index in [1.165, 1.54) is 0 Å². The first kappa shape index (κ1) is 23.8. The average Bonchev–Trinajstić information content (AvgIpc) is 3.16. The molecule has 9 heteroatoms. The molecule has 2 aromatic carbocycles. The second-order valence-electron chi connectivity index (χ2n) is 9.77. The van der Waals surface area contributed by atoms with Crippen molar-refractivity contribution in [3.8, 4) is 5.75 Å². The van der Waals surface area contributed by atoms with Crippen LogP contribution in [0, 0.1) is 5.92 Å². The maximum Gasteiger partial charge on any atom is 0.317 e. The van der Waals surface area contributed by atoms with Crippen LogP contribution in [-0.4, -0.2) is 54.8 Å². The zero-order valence-corrected chi connectivity index (χ0v) is 20.7. The molecule has 2 unspecified atom stereocenters. The smallest absolute Gasteiger partial charge is 0.317 e. The molecule has 2 atom stereocenters. The largest absolute Gasteiger partial charge is 0.479 e. The molecule has 0 spiro atoms. The fourth-order valence-electron chi connectivity index (χ4n) is 5.06. The minimum absolute atomic E-state index is 0.0109. The summed E-state index contributed by atoms with van der Waals surface area (Å²) in [5.41, 5.74) is 3.88. The number of nitrogens with one attached hydrogen (secondary N) is 2. The van der Waals surface area contributed by atoms with Gasteiger partial charge in [-0.1, -0.05) is 12.1 Å². The van der Waals surface area contributed by atoms with Crippen LogP contribution in [0.1, 0.15) is 54.2 Å². The van der Waals surface area contributed by atoms with Gasteiger partial charge in [0.25, 0.3) is 5.91 Å². The van der Waals surface area contributed by atoms with Gasteiger partial charge in [0.2, 0.25) is 5.91 Å². The van der Waals surface area contributed by atoms with Crippen molar-refractivity contribution in [3.05, 3.63) is 53.1 Å². The number of anilines is 2. The molecule has 0 saturated carbocycles. The highest BCUT2D eigenvalue weighted by Crippen LogP contribution is 2.33. The van der Waals surface area contributed by atoms with Gasteiger partial charge in [-0.2, -0.15) is 0 Å². The number of fused-ring (bicyclic) bond motifs is 2. The molecule has 3 heterocycles. The number of carbonyl (C=O) groups is 4. The number of likely N-dealkylation sites (tertiary alicyclic amines) is 1. The monoisotopic (exact) mass is 490 g/mol. The topological polar surface area (TPSA) is 108 Å². The van der Waals surface area contributed by atoms with E-state index in [0.717, 1.165) is 16.8 Å². The van der Waals surface area contributed by atoms with E-state index in [-0.39, 0.29) is 35.6 Å². The minimum atomic E-state index is -0.564. The SMILES string of the molecule is CC1Oc2ccc(C(=O)C3CCN(C(=O)NC(C)c4ccc5c(c4)CC(=O)N5C)CC3)cc2NC1=O. The predicted molar refractivity (Wildman–Crippen MR) is 134 cm³/mol. The summed E-state index contributed by atoms with van der Waals surface area (Å²) < 4.78 is 5.57. The molecule has 2 aromatic rings. The molecule has 3 aliphatic rings. The summed E-state index contributed by atoms with van der Waals surface area (Å²) in [6, 6.07) is 10.6. The molecule has 4 amide bonds. The van der Waals surface area contributed by atoms with Crippen LogP contribution in [-0.2, 0) is 16.0 Å². The quantitative estimate of drug-likeness (QED) is 0.640. The Morgan fingerprint density at radius 1 is 1.11 bits per heavy atom. The molecule has 3 aliphatic heterocycles. The summed E-state index contributed by atoms with van der Waals surface area (Å²) in [5, 5.41) is 5.83. The fraction of sp³-hybridized carbons (Fsp3) is 0.407. The van der Waals surface area contributed by atoms with Gasteiger partial charge in [-0.15, -0.1) is 0 Å². The number of nitrogens with zero attached hydrogens (tertiary/aromatic N) is 2. The van der Waals surface area contributed by atoms with E-state index in [0.29, 0.717) is 49.4 Å². The first-order valence-electron chi connectivity index (χ1n) is 12.3. The molecule has 1 saturated heterocycles. The molecule has 2 N–H and O–H groups in total. The Labute approximate surface area is 209 Å². The number of likely N-dealkylation sites (N-methyl/N-ethyl adjacent to an activating group) is 1. The zero-order valence-electron chi connectivity index (χ0n) is 20.7. The van der Waals surface area contributed by atoms with E-state index in [2.05, 4.69) is 10.6 Å². The summed E-state index contributed by atoms with van der Waals surface area (Å²) in [7, 11) is 1.77. The van der Waals surface area contributed by atoms with Crippen LogP contribution < -0.4 is 20.3 Å². The van der Waals surface area contributed by atoms with Crippen LogP contribution in [0.5, 0.6) is 5.75 Å². The van der Waals surface area contributed by atoms with Crippen molar-refractivity contribution in [1.29, 1.82) is 0 Å².